The van der Waals surface area contributed by atoms with Crippen LogP contribution in [-0.4, -0.2) is 34.3 Å². The van der Waals surface area contributed by atoms with Crippen LogP contribution in [0.25, 0.3) is 0 Å². The van der Waals surface area contributed by atoms with Crippen molar-refractivity contribution in [3.05, 3.63) is 11.9 Å². The molecule has 3 N–H and O–H groups in total. The van der Waals surface area contributed by atoms with Crippen LogP contribution in [-0.2, 0) is 0 Å². The summed E-state index contributed by atoms with van der Waals surface area (Å²) >= 11 is 0. The number of aliphatic hydroxyl groups excluding tert-OH is 1. The first-order valence-electron chi connectivity index (χ1n) is 5.18. The minimum atomic E-state index is -0.166. The molecule has 1 saturated heterocycles. The highest BCUT2D eigenvalue weighted by Gasteiger charge is 2.20. The van der Waals surface area contributed by atoms with Gasteiger partial charge in [-0.2, -0.15) is 0 Å². The molecule has 82 valence electrons. The summed E-state index contributed by atoms with van der Waals surface area (Å²) in [5.74, 6) is 1.43. The third-order valence-corrected chi connectivity index (χ3v) is 2.86. The minimum Gasteiger partial charge on any atom is -0.393 e. The molecule has 1 fully saturated rings. The number of aliphatic hydroxyl groups is 1. The molecule has 0 bridgehead atoms. The zero-order valence-electron chi connectivity index (χ0n) is 8.85. The van der Waals surface area contributed by atoms with E-state index in [4.69, 9.17) is 5.73 Å². The van der Waals surface area contributed by atoms with Crippen molar-refractivity contribution < 1.29 is 5.11 Å². The van der Waals surface area contributed by atoms with Crippen LogP contribution >= 0.6 is 0 Å². The first kappa shape index (κ1) is 10.2. The predicted octanol–water partition coefficient (Wildman–Crippen LogP) is 0.328. The second-order valence-electron chi connectivity index (χ2n) is 3.93. The van der Waals surface area contributed by atoms with Crippen molar-refractivity contribution in [3.8, 4) is 0 Å². The van der Waals surface area contributed by atoms with E-state index in [0.717, 1.165) is 37.3 Å². The Balaban J connectivity index is 2.19. The van der Waals surface area contributed by atoms with Crippen molar-refractivity contribution in [1.29, 1.82) is 0 Å². The van der Waals surface area contributed by atoms with Gasteiger partial charge in [0, 0.05) is 18.7 Å². The van der Waals surface area contributed by atoms with Crippen LogP contribution in [0.15, 0.2) is 6.33 Å². The molecule has 0 amide bonds. The van der Waals surface area contributed by atoms with E-state index in [1.54, 1.807) is 0 Å². The fraction of sp³-hybridized carbons (Fsp3) is 0.600. The molecule has 15 heavy (non-hydrogen) atoms. The van der Waals surface area contributed by atoms with Crippen LogP contribution in [0.3, 0.4) is 0 Å². The van der Waals surface area contributed by atoms with Crippen molar-refractivity contribution in [1.82, 2.24) is 9.97 Å². The lowest BCUT2D eigenvalue weighted by Crippen LogP contribution is -2.36. The Morgan fingerprint density at radius 3 is 2.73 bits per heavy atom. The summed E-state index contributed by atoms with van der Waals surface area (Å²) in [6.45, 7) is 3.59. The van der Waals surface area contributed by atoms with Crippen molar-refractivity contribution in [3.63, 3.8) is 0 Å². The van der Waals surface area contributed by atoms with Gasteiger partial charge >= 0.3 is 0 Å². The summed E-state index contributed by atoms with van der Waals surface area (Å²) in [6.07, 6.45) is 2.91. The van der Waals surface area contributed by atoms with Crippen molar-refractivity contribution >= 4 is 11.6 Å². The topological polar surface area (TPSA) is 75.3 Å². The fourth-order valence-corrected chi connectivity index (χ4v) is 1.85. The van der Waals surface area contributed by atoms with Gasteiger partial charge in [0.25, 0.3) is 0 Å². The monoisotopic (exact) mass is 208 g/mol. The number of nitrogens with two attached hydrogens (primary N) is 1. The third-order valence-electron chi connectivity index (χ3n) is 2.86. The Morgan fingerprint density at radius 1 is 1.40 bits per heavy atom. The highest BCUT2D eigenvalue weighted by molar-refractivity contribution is 5.55. The first-order chi connectivity index (χ1) is 7.18. The van der Waals surface area contributed by atoms with Gasteiger partial charge < -0.3 is 15.7 Å². The van der Waals surface area contributed by atoms with E-state index in [9.17, 15) is 5.11 Å². The smallest absolute Gasteiger partial charge is 0.137 e. The molecule has 5 nitrogen and oxygen atoms in total. The number of hydrogen-bond acceptors (Lipinski definition) is 5. The Labute approximate surface area is 88.9 Å². The van der Waals surface area contributed by atoms with E-state index in [1.165, 1.54) is 6.33 Å². The normalized spacial score (nSPS) is 18.1. The molecule has 0 spiro atoms. The second-order valence-corrected chi connectivity index (χ2v) is 3.93. The zero-order valence-corrected chi connectivity index (χ0v) is 8.85. The van der Waals surface area contributed by atoms with Crippen molar-refractivity contribution in [2.24, 2.45) is 0 Å². The fourth-order valence-electron chi connectivity index (χ4n) is 1.85. The van der Waals surface area contributed by atoms with Crippen molar-refractivity contribution in [2.45, 2.75) is 25.9 Å². The molecule has 0 aromatic carbocycles. The van der Waals surface area contributed by atoms with E-state index in [0.29, 0.717) is 5.82 Å². The lowest BCUT2D eigenvalue weighted by molar-refractivity contribution is 0.145. The summed E-state index contributed by atoms with van der Waals surface area (Å²) in [5, 5.41) is 9.41. The van der Waals surface area contributed by atoms with Gasteiger partial charge in [0.15, 0.2) is 0 Å². The minimum absolute atomic E-state index is 0.166. The first-order valence-corrected chi connectivity index (χ1v) is 5.18. The van der Waals surface area contributed by atoms with Crippen molar-refractivity contribution in [2.75, 3.05) is 23.7 Å². The third kappa shape index (κ3) is 2.02. The van der Waals surface area contributed by atoms with Gasteiger partial charge in [0.2, 0.25) is 0 Å². The molecule has 0 unspecified atom stereocenters. The number of nitrogen functional groups attached to an aromatic ring is 1. The van der Waals surface area contributed by atoms with Crippen LogP contribution in [0.4, 0.5) is 11.6 Å². The van der Waals surface area contributed by atoms with Gasteiger partial charge in [0.1, 0.15) is 18.0 Å². The van der Waals surface area contributed by atoms with E-state index >= 15 is 0 Å². The summed E-state index contributed by atoms with van der Waals surface area (Å²) in [7, 11) is 0. The molecule has 1 aliphatic heterocycles. The molecule has 1 aromatic heterocycles. The van der Waals surface area contributed by atoms with Crippen LogP contribution in [0.1, 0.15) is 18.4 Å². The quantitative estimate of drug-likeness (QED) is 0.695. The molecular formula is C10H16N4O. The van der Waals surface area contributed by atoms with Gasteiger partial charge in [-0.3, -0.25) is 0 Å². The number of rotatable bonds is 1. The predicted molar refractivity (Wildman–Crippen MR) is 58.6 cm³/mol. The number of aromatic nitrogens is 2. The Morgan fingerprint density at radius 2 is 2.07 bits per heavy atom. The SMILES string of the molecule is Cc1c(N)ncnc1N1CCC(O)CC1. The number of hydrogen-bond donors (Lipinski definition) is 2. The molecule has 1 aliphatic rings. The molecule has 1 aromatic rings. The largest absolute Gasteiger partial charge is 0.393 e. The lowest BCUT2D eigenvalue weighted by Gasteiger charge is -2.31. The average molecular weight is 208 g/mol. The number of anilines is 2. The number of piperidine rings is 1. The van der Waals surface area contributed by atoms with Crippen LogP contribution in [0, 0.1) is 6.92 Å². The second kappa shape index (κ2) is 4.02. The van der Waals surface area contributed by atoms with Gasteiger partial charge in [-0.25, -0.2) is 9.97 Å². The standard InChI is InChI=1S/C10H16N4O/c1-7-9(11)12-6-13-10(7)14-4-2-8(15)3-5-14/h6,8,15H,2-5H2,1H3,(H2,11,12,13). The molecule has 0 saturated carbocycles. The van der Waals surface area contributed by atoms with Gasteiger partial charge in [-0.15, -0.1) is 0 Å². The Bertz CT molecular complexity index is 347. The lowest BCUT2D eigenvalue weighted by atomic mass is 10.1. The number of nitrogens with zero attached hydrogens (tertiary/aromatic N) is 3. The summed E-state index contributed by atoms with van der Waals surface area (Å²) in [4.78, 5) is 10.3. The maximum atomic E-state index is 9.41. The maximum Gasteiger partial charge on any atom is 0.137 e. The van der Waals surface area contributed by atoms with Crippen LogP contribution in [0.2, 0.25) is 0 Å². The van der Waals surface area contributed by atoms with Gasteiger partial charge in [0.05, 0.1) is 6.10 Å². The summed E-state index contributed by atoms with van der Waals surface area (Å²) in [6, 6.07) is 0. The molecule has 5 heteroatoms. The zero-order chi connectivity index (χ0) is 10.8. The van der Waals surface area contributed by atoms with E-state index in [2.05, 4.69) is 14.9 Å². The highest BCUT2D eigenvalue weighted by atomic mass is 16.3. The van der Waals surface area contributed by atoms with E-state index < -0.39 is 0 Å². The molecule has 0 radical (unpaired) electrons. The summed E-state index contributed by atoms with van der Waals surface area (Å²) in [5.41, 5.74) is 6.65. The average Bonchev–Trinajstić information content (AvgIpc) is 2.24. The van der Waals surface area contributed by atoms with E-state index in [-0.39, 0.29) is 6.10 Å². The van der Waals surface area contributed by atoms with Crippen LogP contribution in [0.5, 0.6) is 0 Å². The highest BCUT2D eigenvalue weighted by Crippen LogP contribution is 2.23. The van der Waals surface area contributed by atoms with Gasteiger partial charge in [-0.05, 0) is 19.8 Å². The van der Waals surface area contributed by atoms with E-state index in [1.807, 2.05) is 6.92 Å². The summed E-state index contributed by atoms with van der Waals surface area (Å²) < 4.78 is 0. The Hall–Kier alpha value is -1.36. The molecular weight excluding hydrogens is 192 g/mol. The molecule has 0 aliphatic carbocycles. The Kier molecular flexibility index (Phi) is 2.73. The molecule has 2 rings (SSSR count). The maximum absolute atomic E-state index is 9.41. The van der Waals surface area contributed by atoms with Crippen LogP contribution < -0.4 is 10.6 Å². The molecule has 0 atom stereocenters. The molecule has 2 heterocycles. The van der Waals surface area contributed by atoms with Gasteiger partial charge in [-0.1, -0.05) is 0 Å².